The second kappa shape index (κ2) is 10.1. The molecule has 0 fully saturated rings. The fraction of sp³-hybridized carbons (Fsp3) is 0.522. The van der Waals surface area contributed by atoms with Crippen molar-refractivity contribution in [3.63, 3.8) is 0 Å². The van der Waals surface area contributed by atoms with Crippen LogP contribution in [-0.2, 0) is 23.8 Å². The molecule has 5 nitrogen and oxygen atoms in total. The van der Waals surface area contributed by atoms with Gasteiger partial charge in [0.05, 0.1) is 12.2 Å². The van der Waals surface area contributed by atoms with Gasteiger partial charge in [0.15, 0.2) is 0 Å². The van der Waals surface area contributed by atoms with Gasteiger partial charge in [-0.1, -0.05) is 30.4 Å². The summed E-state index contributed by atoms with van der Waals surface area (Å²) in [6.07, 6.45) is 8.26. The van der Waals surface area contributed by atoms with Crippen LogP contribution in [0.2, 0.25) is 0 Å². The third-order valence-corrected chi connectivity index (χ3v) is 5.21. The van der Waals surface area contributed by atoms with E-state index in [1.165, 1.54) is 19.4 Å². The van der Waals surface area contributed by atoms with Crippen molar-refractivity contribution in [3.8, 4) is 0 Å². The maximum absolute atomic E-state index is 11.7. The number of hydrogen-bond donors (Lipinski definition) is 0. The molecule has 1 heterocycles. The van der Waals surface area contributed by atoms with Crippen LogP contribution in [0.1, 0.15) is 52.9 Å². The van der Waals surface area contributed by atoms with Crippen LogP contribution in [0.3, 0.4) is 0 Å². The van der Waals surface area contributed by atoms with Gasteiger partial charge in [0.1, 0.15) is 6.10 Å². The number of hydrogen-bond acceptors (Lipinski definition) is 5. The van der Waals surface area contributed by atoms with Crippen LogP contribution in [0.15, 0.2) is 54.0 Å². The molecular formula is C23H30O5. The molecule has 0 spiro atoms. The van der Waals surface area contributed by atoms with Gasteiger partial charge in [-0.15, -0.1) is 5.73 Å². The molecule has 152 valence electrons. The molecule has 5 heteroatoms. The van der Waals surface area contributed by atoms with Crippen LogP contribution in [-0.4, -0.2) is 24.3 Å². The van der Waals surface area contributed by atoms with Gasteiger partial charge < -0.3 is 14.2 Å². The Morgan fingerprint density at radius 3 is 2.75 bits per heavy atom. The summed E-state index contributed by atoms with van der Waals surface area (Å²) in [5, 5.41) is 0. The number of rotatable bonds is 5. The zero-order valence-corrected chi connectivity index (χ0v) is 17.0. The molecular weight excluding hydrogens is 356 g/mol. The fourth-order valence-electron chi connectivity index (χ4n) is 3.92. The molecule has 1 aliphatic heterocycles. The quantitative estimate of drug-likeness (QED) is 0.387. The molecule has 0 radical (unpaired) electrons. The number of ether oxygens (including phenoxy) is 3. The second-order valence-corrected chi connectivity index (χ2v) is 7.39. The summed E-state index contributed by atoms with van der Waals surface area (Å²) < 4.78 is 16.9. The number of esters is 2. The Balaban J connectivity index is 2.45. The first-order valence-electron chi connectivity index (χ1n) is 9.71. The lowest BCUT2D eigenvalue weighted by atomic mass is 9.74. The Hall–Kier alpha value is -2.52. The van der Waals surface area contributed by atoms with E-state index in [4.69, 9.17) is 14.2 Å². The Morgan fingerprint density at radius 2 is 2.11 bits per heavy atom. The molecule has 0 aromatic heterocycles. The van der Waals surface area contributed by atoms with E-state index in [9.17, 15) is 9.59 Å². The molecule has 0 N–H and O–H groups in total. The van der Waals surface area contributed by atoms with Crippen molar-refractivity contribution in [2.45, 2.75) is 65.3 Å². The standard InChI is InChI=1S/C23H30O5/c1-6-7-11-21(27-17(4)24)20-14-26-23(28-18(5)25)22-16(3)10-8-9-15(2)12-13-19(20)22/h7,9,14,19,21-23H,1,3,8,10-13H2,2,4-5H3/b15-9+/t19-,21+,22+,23-/m1/s1. The minimum atomic E-state index is -0.718. The zero-order valence-electron chi connectivity index (χ0n) is 17.0. The maximum Gasteiger partial charge on any atom is 0.305 e. The summed E-state index contributed by atoms with van der Waals surface area (Å²) in [6.45, 7) is 12.8. The highest BCUT2D eigenvalue weighted by molar-refractivity contribution is 5.67. The van der Waals surface area contributed by atoms with E-state index >= 15 is 0 Å². The van der Waals surface area contributed by atoms with E-state index < -0.39 is 18.4 Å². The molecule has 28 heavy (non-hydrogen) atoms. The van der Waals surface area contributed by atoms with E-state index in [2.05, 4.69) is 31.9 Å². The number of allylic oxidation sites excluding steroid dienone is 2. The summed E-state index contributed by atoms with van der Waals surface area (Å²) in [5.41, 5.74) is 5.91. The van der Waals surface area contributed by atoms with Gasteiger partial charge in [0.2, 0.25) is 6.29 Å². The Labute approximate surface area is 167 Å². The van der Waals surface area contributed by atoms with Gasteiger partial charge in [0, 0.05) is 31.8 Å². The van der Waals surface area contributed by atoms with Crippen LogP contribution in [0.25, 0.3) is 0 Å². The highest BCUT2D eigenvalue weighted by atomic mass is 16.7. The lowest BCUT2D eigenvalue weighted by Crippen LogP contribution is -2.41. The van der Waals surface area contributed by atoms with E-state index in [-0.39, 0.29) is 17.8 Å². The van der Waals surface area contributed by atoms with Gasteiger partial charge in [-0.05, 0) is 38.7 Å². The van der Waals surface area contributed by atoms with Crippen LogP contribution < -0.4 is 0 Å². The van der Waals surface area contributed by atoms with Crippen LogP contribution in [0.5, 0.6) is 0 Å². The zero-order chi connectivity index (χ0) is 20.7. The van der Waals surface area contributed by atoms with Gasteiger partial charge in [-0.3, -0.25) is 9.59 Å². The molecule has 0 saturated carbocycles. The third kappa shape index (κ3) is 5.74. The summed E-state index contributed by atoms with van der Waals surface area (Å²) in [5.74, 6) is -0.947. The van der Waals surface area contributed by atoms with Crippen LogP contribution in [0, 0.1) is 11.8 Å². The SMILES string of the molecule is C=C=CC[C@H](OC(C)=O)C1=CO[C@H](OC(C)=O)[C@H]2C(=C)CC/C=C(\C)CC[C@H]12. The summed E-state index contributed by atoms with van der Waals surface area (Å²) in [7, 11) is 0. The number of fused-ring (bicyclic) bond motifs is 1. The number of carbonyl (C=O) groups is 2. The van der Waals surface area contributed by atoms with Gasteiger partial charge in [-0.2, -0.15) is 0 Å². The van der Waals surface area contributed by atoms with Crippen molar-refractivity contribution in [1.82, 2.24) is 0 Å². The molecule has 0 amide bonds. The molecule has 1 aliphatic carbocycles. The normalized spacial score (nSPS) is 27.7. The molecule has 0 bridgehead atoms. The van der Waals surface area contributed by atoms with Crippen molar-refractivity contribution < 1.29 is 23.8 Å². The van der Waals surface area contributed by atoms with E-state index in [1.807, 2.05) is 0 Å². The average Bonchev–Trinajstić information content (AvgIpc) is 2.68. The third-order valence-electron chi connectivity index (χ3n) is 5.21. The second-order valence-electron chi connectivity index (χ2n) is 7.39. The van der Waals surface area contributed by atoms with Crippen molar-refractivity contribution in [2.24, 2.45) is 11.8 Å². The molecule has 4 atom stereocenters. The molecule has 0 unspecified atom stereocenters. The minimum absolute atomic E-state index is 0.00499. The molecule has 0 saturated heterocycles. The van der Waals surface area contributed by atoms with Crippen LogP contribution >= 0.6 is 0 Å². The predicted octanol–water partition coefficient (Wildman–Crippen LogP) is 4.76. The van der Waals surface area contributed by atoms with Crippen molar-refractivity contribution in [3.05, 3.63) is 54.0 Å². The highest BCUT2D eigenvalue weighted by Gasteiger charge is 2.42. The van der Waals surface area contributed by atoms with E-state index in [0.29, 0.717) is 6.42 Å². The van der Waals surface area contributed by atoms with Gasteiger partial charge >= 0.3 is 11.9 Å². The van der Waals surface area contributed by atoms with Crippen molar-refractivity contribution >= 4 is 11.9 Å². The monoisotopic (exact) mass is 386 g/mol. The Morgan fingerprint density at radius 1 is 1.36 bits per heavy atom. The first-order valence-corrected chi connectivity index (χ1v) is 9.71. The fourth-order valence-corrected chi connectivity index (χ4v) is 3.92. The Bertz CT molecular complexity index is 719. The lowest BCUT2D eigenvalue weighted by Gasteiger charge is -2.40. The molecule has 0 aromatic carbocycles. The van der Waals surface area contributed by atoms with E-state index in [0.717, 1.165) is 36.8 Å². The summed E-state index contributed by atoms with van der Waals surface area (Å²) in [6, 6.07) is 0. The van der Waals surface area contributed by atoms with Crippen LogP contribution in [0.4, 0.5) is 0 Å². The maximum atomic E-state index is 11.7. The first-order chi connectivity index (χ1) is 13.3. The average molecular weight is 386 g/mol. The van der Waals surface area contributed by atoms with Gasteiger partial charge in [0.25, 0.3) is 0 Å². The van der Waals surface area contributed by atoms with Crippen molar-refractivity contribution in [1.29, 1.82) is 0 Å². The number of carbonyl (C=O) groups excluding carboxylic acids is 2. The lowest BCUT2D eigenvalue weighted by molar-refractivity contribution is -0.181. The first kappa shape index (κ1) is 21.8. The molecule has 0 aromatic rings. The largest absolute Gasteiger partial charge is 0.462 e. The topological polar surface area (TPSA) is 61.8 Å². The molecule has 2 rings (SSSR count). The summed E-state index contributed by atoms with van der Waals surface area (Å²) >= 11 is 0. The van der Waals surface area contributed by atoms with E-state index in [1.54, 1.807) is 12.3 Å². The predicted molar refractivity (Wildman–Crippen MR) is 107 cm³/mol. The Kier molecular flexibility index (Phi) is 7.89. The van der Waals surface area contributed by atoms with Gasteiger partial charge in [-0.25, -0.2) is 0 Å². The summed E-state index contributed by atoms with van der Waals surface area (Å²) in [4.78, 5) is 23.3. The van der Waals surface area contributed by atoms with Crippen molar-refractivity contribution in [2.75, 3.05) is 0 Å². The smallest absolute Gasteiger partial charge is 0.305 e. The minimum Gasteiger partial charge on any atom is -0.462 e. The highest BCUT2D eigenvalue weighted by Crippen LogP contribution is 2.43. The molecule has 2 aliphatic rings.